The summed E-state index contributed by atoms with van der Waals surface area (Å²) in [6.07, 6.45) is 3.00. The zero-order valence-electron chi connectivity index (χ0n) is 18.3. The fourth-order valence-electron chi connectivity index (χ4n) is 3.75. The number of nitrogens with one attached hydrogen (secondary N) is 2. The van der Waals surface area contributed by atoms with E-state index in [1.165, 1.54) is 16.4 Å². The predicted molar refractivity (Wildman–Crippen MR) is 124 cm³/mol. The number of carbonyl (C=O) groups is 2. The van der Waals surface area contributed by atoms with E-state index in [1.54, 1.807) is 12.1 Å². The van der Waals surface area contributed by atoms with E-state index in [-0.39, 0.29) is 35.0 Å². The quantitative estimate of drug-likeness (QED) is 0.673. The topological polar surface area (TPSA) is 117 Å². The highest BCUT2D eigenvalue weighted by molar-refractivity contribution is 7.89. The largest absolute Gasteiger partial charge is 0.455 e. The van der Waals surface area contributed by atoms with Gasteiger partial charge in [-0.3, -0.25) is 9.59 Å². The number of sulfonamides is 1. The summed E-state index contributed by atoms with van der Waals surface area (Å²) < 4.78 is 33.8. The number of rotatable bonds is 6. The van der Waals surface area contributed by atoms with Crippen molar-refractivity contribution < 1.29 is 22.7 Å². The van der Waals surface area contributed by atoms with Crippen LogP contribution >= 0.6 is 0 Å². The van der Waals surface area contributed by atoms with Gasteiger partial charge in [0.15, 0.2) is 5.75 Å². The van der Waals surface area contributed by atoms with E-state index in [2.05, 4.69) is 15.8 Å². The minimum Gasteiger partial charge on any atom is -0.455 e. The third-order valence-corrected chi connectivity index (χ3v) is 7.43. The SMILES string of the molecule is Cc1cccc(Oc2ccc(S(=O)(=O)N3CCCCC3)cc2NC(=O)C2=NNC(=O)CC2)c1. The second kappa shape index (κ2) is 9.72. The molecular formula is C23H26N4O5S. The van der Waals surface area contributed by atoms with Crippen LogP contribution in [0.2, 0.25) is 0 Å². The Morgan fingerprint density at radius 2 is 1.88 bits per heavy atom. The molecule has 0 spiro atoms. The smallest absolute Gasteiger partial charge is 0.271 e. The number of piperidine rings is 1. The first kappa shape index (κ1) is 22.9. The van der Waals surface area contributed by atoms with Crippen molar-refractivity contribution in [3.63, 3.8) is 0 Å². The molecule has 0 saturated carbocycles. The third kappa shape index (κ3) is 5.40. The van der Waals surface area contributed by atoms with Crippen LogP contribution in [0.3, 0.4) is 0 Å². The summed E-state index contributed by atoms with van der Waals surface area (Å²) in [5, 5.41) is 6.53. The van der Waals surface area contributed by atoms with E-state index in [1.807, 2.05) is 25.1 Å². The Balaban J connectivity index is 1.67. The lowest BCUT2D eigenvalue weighted by molar-refractivity contribution is -0.121. The standard InChI is InChI=1S/C23H26N4O5S/c1-16-6-5-7-17(14-16)32-21-10-8-18(33(30,31)27-12-3-2-4-13-27)15-20(21)24-23(29)19-9-11-22(28)26-25-19/h5-8,10,14-15H,2-4,9,11-13H2,1H3,(H,24,29)(H,26,28). The first-order valence-corrected chi connectivity index (χ1v) is 12.3. The lowest BCUT2D eigenvalue weighted by Gasteiger charge is -2.26. The number of nitrogens with zero attached hydrogens (tertiary/aromatic N) is 2. The molecule has 174 valence electrons. The van der Waals surface area contributed by atoms with Crippen molar-refractivity contribution in [2.75, 3.05) is 18.4 Å². The van der Waals surface area contributed by atoms with E-state index in [4.69, 9.17) is 4.74 Å². The molecule has 2 N–H and O–H groups in total. The zero-order valence-corrected chi connectivity index (χ0v) is 19.2. The summed E-state index contributed by atoms with van der Waals surface area (Å²) in [5.41, 5.74) is 3.65. The van der Waals surface area contributed by atoms with Crippen molar-refractivity contribution in [2.45, 2.75) is 43.9 Å². The van der Waals surface area contributed by atoms with E-state index in [0.29, 0.717) is 24.6 Å². The minimum atomic E-state index is -3.71. The van der Waals surface area contributed by atoms with Gasteiger partial charge in [-0.15, -0.1) is 0 Å². The van der Waals surface area contributed by atoms with Gasteiger partial charge in [0, 0.05) is 25.9 Å². The van der Waals surface area contributed by atoms with Gasteiger partial charge in [-0.2, -0.15) is 9.41 Å². The summed E-state index contributed by atoms with van der Waals surface area (Å²) in [6.45, 7) is 2.88. The van der Waals surface area contributed by atoms with Crippen molar-refractivity contribution in [1.29, 1.82) is 0 Å². The molecule has 2 amide bonds. The van der Waals surface area contributed by atoms with Crippen LogP contribution in [0.4, 0.5) is 5.69 Å². The van der Waals surface area contributed by atoms with Crippen LogP contribution in [0.1, 0.15) is 37.7 Å². The van der Waals surface area contributed by atoms with Crippen LogP contribution in [-0.4, -0.2) is 43.3 Å². The number of amides is 2. The average molecular weight is 471 g/mol. The monoisotopic (exact) mass is 470 g/mol. The lowest BCUT2D eigenvalue weighted by atomic mass is 10.1. The highest BCUT2D eigenvalue weighted by atomic mass is 32.2. The maximum absolute atomic E-state index is 13.2. The molecule has 33 heavy (non-hydrogen) atoms. The molecular weight excluding hydrogens is 444 g/mol. The van der Waals surface area contributed by atoms with Gasteiger partial charge in [-0.05, 0) is 55.7 Å². The summed E-state index contributed by atoms with van der Waals surface area (Å²) in [4.78, 5) is 24.2. The summed E-state index contributed by atoms with van der Waals surface area (Å²) in [5.74, 6) is 0.0626. The molecule has 4 rings (SSSR count). The minimum absolute atomic E-state index is 0.0789. The van der Waals surface area contributed by atoms with E-state index >= 15 is 0 Å². The maximum atomic E-state index is 13.2. The number of hydrazone groups is 1. The number of aryl methyl sites for hydroxylation is 1. The van der Waals surface area contributed by atoms with Crippen LogP contribution in [0.15, 0.2) is 52.5 Å². The van der Waals surface area contributed by atoms with Gasteiger partial charge in [0.1, 0.15) is 11.5 Å². The molecule has 0 unspecified atom stereocenters. The number of anilines is 1. The zero-order chi connectivity index (χ0) is 23.4. The summed E-state index contributed by atoms with van der Waals surface area (Å²) in [6, 6.07) is 11.8. The Kier molecular flexibility index (Phi) is 6.75. The highest BCUT2D eigenvalue weighted by Gasteiger charge is 2.28. The Morgan fingerprint density at radius 3 is 2.58 bits per heavy atom. The molecule has 0 aromatic heterocycles. The van der Waals surface area contributed by atoms with Crippen LogP contribution < -0.4 is 15.5 Å². The predicted octanol–water partition coefficient (Wildman–Crippen LogP) is 3.17. The maximum Gasteiger partial charge on any atom is 0.271 e. The van der Waals surface area contributed by atoms with E-state index < -0.39 is 15.9 Å². The number of ether oxygens (including phenoxy) is 1. The molecule has 2 aromatic rings. The van der Waals surface area contributed by atoms with E-state index in [9.17, 15) is 18.0 Å². The van der Waals surface area contributed by atoms with Crippen LogP contribution in [0, 0.1) is 6.92 Å². The van der Waals surface area contributed by atoms with Crippen molar-refractivity contribution in [2.24, 2.45) is 5.10 Å². The van der Waals surface area contributed by atoms with Gasteiger partial charge in [0.25, 0.3) is 5.91 Å². The molecule has 1 saturated heterocycles. The molecule has 2 aliphatic rings. The number of benzene rings is 2. The second-order valence-corrected chi connectivity index (χ2v) is 10.0. The third-order valence-electron chi connectivity index (χ3n) is 5.54. The Morgan fingerprint density at radius 1 is 1.09 bits per heavy atom. The van der Waals surface area contributed by atoms with Gasteiger partial charge < -0.3 is 10.1 Å². The molecule has 2 aliphatic heterocycles. The first-order chi connectivity index (χ1) is 15.8. The van der Waals surface area contributed by atoms with Gasteiger partial charge in [-0.25, -0.2) is 13.8 Å². The fourth-order valence-corrected chi connectivity index (χ4v) is 5.29. The number of hydrogen-bond donors (Lipinski definition) is 2. The molecule has 9 nitrogen and oxygen atoms in total. The molecule has 10 heteroatoms. The first-order valence-electron chi connectivity index (χ1n) is 10.9. The van der Waals surface area contributed by atoms with Crippen molar-refractivity contribution in [1.82, 2.24) is 9.73 Å². The van der Waals surface area contributed by atoms with Crippen LogP contribution in [0.5, 0.6) is 11.5 Å². The average Bonchev–Trinajstić information content (AvgIpc) is 2.81. The highest BCUT2D eigenvalue weighted by Crippen LogP contribution is 2.33. The molecule has 0 atom stereocenters. The lowest BCUT2D eigenvalue weighted by Crippen LogP contribution is -2.35. The molecule has 0 aliphatic carbocycles. The van der Waals surface area contributed by atoms with Crippen molar-refractivity contribution in [3.8, 4) is 11.5 Å². The Bertz CT molecular complexity index is 1200. The molecule has 0 radical (unpaired) electrons. The fraction of sp³-hybridized carbons (Fsp3) is 0.348. The molecule has 2 aromatic carbocycles. The summed E-state index contributed by atoms with van der Waals surface area (Å²) in [7, 11) is -3.71. The second-order valence-electron chi connectivity index (χ2n) is 8.09. The molecule has 2 heterocycles. The normalized spacial score (nSPS) is 17.1. The number of carbonyl (C=O) groups excluding carboxylic acids is 2. The molecule has 1 fully saturated rings. The van der Waals surface area contributed by atoms with Gasteiger partial charge in [0.2, 0.25) is 15.9 Å². The van der Waals surface area contributed by atoms with Crippen LogP contribution in [0.25, 0.3) is 0 Å². The summed E-state index contributed by atoms with van der Waals surface area (Å²) >= 11 is 0. The van der Waals surface area contributed by atoms with Crippen molar-refractivity contribution in [3.05, 3.63) is 48.0 Å². The van der Waals surface area contributed by atoms with Crippen LogP contribution in [-0.2, 0) is 19.6 Å². The molecule has 0 bridgehead atoms. The Hall–Kier alpha value is -3.24. The van der Waals surface area contributed by atoms with Crippen molar-refractivity contribution >= 4 is 33.2 Å². The van der Waals surface area contributed by atoms with Gasteiger partial charge >= 0.3 is 0 Å². The van der Waals surface area contributed by atoms with Gasteiger partial charge in [0.05, 0.1) is 10.6 Å². The van der Waals surface area contributed by atoms with Gasteiger partial charge in [-0.1, -0.05) is 18.6 Å². The number of hydrogen-bond acceptors (Lipinski definition) is 6. The van der Waals surface area contributed by atoms with E-state index in [0.717, 1.165) is 24.8 Å². The Labute approximate surface area is 192 Å².